The number of aromatic nitrogens is 2. The van der Waals surface area contributed by atoms with Crippen LogP contribution in [0.5, 0.6) is 0 Å². The van der Waals surface area contributed by atoms with Crippen LogP contribution in [0.25, 0.3) is 0 Å². The number of aromatic amines is 1. The molecule has 0 fully saturated rings. The molecule has 1 amide bonds. The molecular formula is C14H15FN4O3S. The Morgan fingerprint density at radius 2 is 2.22 bits per heavy atom. The van der Waals surface area contributed by atoms with Crippen molar-refractivity contribution >= 4 is 15.9 Å². The van der Waals surface area contributed by atoms with Gasteiger partial charge in [-0.05, 0) is 43.0 Å². The number of nitrogens with zero attached hydrogens (tertiary/aromatic N) is 1. The first-order valence-electron chi connectivity index (χ1n) is 6.99. The largest absolute Gasteiger partial charge is 0.349 e. The van der Waals surface area contributed by atoms with Crippen molar-refractivity contribution in [3.05, 3.63) is 47.0 Å². The number of fused-ring (bicyclic) bond motifs is 1. The fourth-order valence-electron chi connectivity index (χ4n) is 2.66. The summed E-state index contributed by atoms with van der Waals surface area (Å²) in [6.45, 7) is 0. The van der Waals surface area contributed by atoms with Gasteiger partial charge in [0.25, 0.3) is 5.91 Å². The summed E-state index contributed by atoms with van der Waals surface area (Å²) in [4.78, 5) is 12.0. The molecule has 0 radical (unpaired) electrons. The summed E-state index contributed by atoms with van der Waals surface area (Å²) < 4.78 is 36.5. The highest BCUT2D eigenvalue weighted by atomic mass is 32.2. The molecule has 4 N–H and O–H groups in total. The number of halogens is 1. The van der Waals surface area contributed by atoms with Crippen molar-refractivity contribution in [1.29, 1.82) is 0 Å². The third-order valence-electron chi connectivity index (χ3n) is 3.86. The van der Waals surface area contributed by atoms with Crippen LogP contribution < -0.4 is 10.5 Å². The van der Waals surface area contributed by atoms with E-state index in [-0.39, 0.29) is 16.5 Å². The molecule has 0 aliphatic heterocycles. The molecule has 0 unspecified atom stereocenters. The molecule has 122 valence electrons. The van der Waals surface area contributed by atoms with Crippen molar-refractivity contribution in [2.24, 2.45) is 5.14 Å². The summed E-state index contributed by atoms with van der Waals surface area (Å²) in [5.41, 5.74) is 1.72. The number of nitrogens with one attached hydrogen (secondary N) is 2. The Morgan fingerprint density at radius 3 is 2.96 bits per heavy atom. The molecule has 1 aromatic carbocycles. The molecule has 3 rings (SSSR count). The van der Waals surface area contributed by atoms with Crippen LogP contribution in [-0.4, -0.2) is 30.6 Å². The molecule has 1 atom stereocenters. The molecule has 0 spiro atoms. The Labute approximate surface area is 132 Å². The number of carbonyl (C=O) groups is 1. The van der Waals surface area contributed by atoms with Crippen LogP contribution in [0, 0.1) is 5.82 Å². The number of sulfonamides is 1. The second-order valence-electron chi connectivity index (χ2n) is 5.47. The van der Waals surface area contributed by atoms with Crippen LogP contribution in [0.15, 0.2) is 29.3 Å². The second kappa shape index (κ2) is 5.74. The molecule has 23 heavy (non-hydrogen) atoms. The minimum Gasteiger partial charge on any atom is -0.349 e. The molecule has 1 aliphatic carbocycles. The number of hydrogen-bond donors (Lipinski definition) is 3. The van der Waals surface area contributed by atoms with Gasteiger partial charge in [0, 0.05) is 11.7 Å². The van der Waals surface area contributed by atoms with Gasteiger partial charge in [0.1, 0.15) is 5.82 Å². The van der Waals surface area contributed by atoms with Gasteiger partial charge in [0.15, 0.2) is 0 Å². The van der Waals surface area contributed by atoms with Gasteiger partial charge in [-0.15, -0.1) is 0 Å². The van der Waals surface area contributed by atoms with Gasteiger partial charge in [0.2, 0.25) is 10.0 Å². The second-order valence-corrected chi connectivity index (χ2v) is 7.04. The van der Waals surface area contributed by atoms with E-state index in [1.54, 1.807) is 6.20 Å². The molecule has 0 bridgehead atoms. The van der Waals surface area contributed by atoms with Crippen LogP contribution >= 0.6 is 0 Å². The summed E-state index contributed by atoms with van der Waals surface area (Å²) in [6, 6.07) is 2.74. The SMILES string of the molecule is NS(=O)(=O)c1ccc(F)c(C(=O)N[C@H]2CCc3[nH]ncc3C2)c1. The van der Waals surface area contributed by atoms with E-state index < -0.39 is 21.7 Å². The zero-order valence-electron chi connectivity index (χ0n) is 12.0. The van der Waals surface area contributed by atoms with Crippen molar-refractivity contribution in [3.8, 4) is 0 Å². The number of amides is 1. The van der Waals surface area contributed by atoms with E-state index in [2.05, 4.69) is 15.5 Å². The summed E-state index contributed by atoms with van der Waals surface area (Å²) in [5.74, 6) is -1.46. The maximum atomic E-state index is 13.8. The lowest BCUT2D eigenvalue weighted by molar-refractivity contribution is 0.0929. The molecule has 0 saturated heterocycles. The molecule has 1 aromatic heterocycles. The number of aryl methyl sites for hydroxylation is 1. The maximum absolute atomic E-state index is 13.8. The normalized spacial score (nSPS) is 17.6. The van der Waals surface area contributed by atoms with Gasteiger partial charge < -0.3 is 5.32 Å². The predicted octanol–water partition coefficient (Wildman–Crippen LogP) is 0.483. The smallest absolute Gasteiger partial charge is 0.254 e. The monoisotopic (exact) mass is 338 g/mol. The van der Waals surface area contributed by atoms with Gasteiger partial charge in [-0.3, -0.25) is 9.89 Å². The molecule has 9 heteroatoms. The van der Waals surface area contributed by atoms with Crippen LogP contribution in [0.3, 0.4) is 0 Å². The minimum absolute atomic E-state index is 0.162. The number of benzene rings is 1. The third kappa shape index (κ3) is 3.25. The minimum atomic E-state index is -4.00. The summed E-state index contributed by atoms with van der Waals surface area (Å²) in [5, 5.41) is 14.6. The summed E-state index contributed by atoms with van der Waals surface area (Å²) in [7, 11) is -4.00. The van der Waals surface area contributed by atoms with E-state index in [1.807, 2.05) is 0 Å². The Kier molecular flexibility index (Phi) is 3.90. The number of primary sulfonamides is 1. The molecule has 2 aromatic rings. The Bertz CT molecular complexity index is 863. The van der Waals surface area contributed by atoms with Crippen LogP contribution in [0.1, 0.15) is 28.0 Å². The van der Waals surface area contributed by atoms with E-state index in [1.165, 1.54) is 0 Å². The first kappa shape index (κ1) is 15.6. The third-order valence-corrected chi connectivity index (χ3v) is 4.77. The van der Waals surface area contributed by atoms with Crippen molar-refractivity contribution < 1.29 is 17.6 Å². The topological polar surface area (TPSA) is 118 Å². The maximum Gasteiger partial charge on any atom is 0.254 e. The van der Waals surface area contributed by atoms with Gasteiger partial charge in [0.05, 0.1) is 16.7 Å². The van der Waals surface area contributed by atoms with Gasteiger partial charge in [-0.25, -0.2) is 17.9 Å². The lowest BCUT2D eigenvalue weighted by atomic mass is 9.93. The van der Waals surface area contributed by atoms with Crippen LogP contribution in [-0.2, 0) is 22.9 Å². The zero-order valence-corrected chi connectivity index (χ0v) is 12.9. The first-order valence-corrected chi connectivity index (χ1v) is 8.53. The number of carbonyl (C=O) groups excluding carboxylic acids is 1. The average molecular weight is 338 g/mol. The van der Waals surface area contributed by atoms with E-state index in [0.717, 1.165) is 35.9 Å². The highest BCUT2D eigenvalue weighted by Crippen LogP contribution is 2.20. The van der Waals surface area contributed by atoms with Gasteiger partial charge in [-0.2, -0.15) is 5.10 Å². The van der Waals surface area contributed by atoms with Crippen LogP contribution in [0.4, 0.5) is 4.39 Å². The lowest BCUT2D eigenvalue weighted by Crippen LogP contribution is -2.39. The number of hydrogen-bond acceptors (Lipinski definition) is 4. The highest BCUT2D eigenvalue weighted by Gasteiger charge is 2.24. The van der Waals surface area contributed by atoms with E-state index >= 15 is 0 Å². The van der Waals surface area contributed by atoms with E-state index in [4.69, 9.17) is 5.14 Å². The molecule has 1 aliphatic rings. The Balaban J connectivity index is 1.79. The summed E-state index contributed by atoms with van der Waals surface area (Å²) >= 11 is 0. The Hall–Kier alpha value is -2.26. The van der Waals surface area contributed by atoms with Gasteiger partial charge >= 0.3 is 0 Å². The van der Waals surface area contributed by atoms with Crippen molar-refractivity contribution in [3.63, 3.8) is 0 Å². The standard InChI is InChI=1S/C14H15FN4O3S/c15-12-3-2-10(23(16,21)22)6-11(12)14(20)18-9-1-4-13-8(5-9)7-17-19-13/h2-3,6-7,9H,1,4-5H2,(H,17,19)(H,18,20)(H2,16,21,22)/t9-/m0/s1. The molecule has 1 heterocycles. The van der Waals surface area contributed by atoms with Crippen molar-refractivity contribution in [2.75, 3.05) is 0 Å². The highest BCUT2D eigenvalue weighted by molar-refractivity contribution is 7.89. The fourth-order valence-corrected chi connectivity index (χ4v) is 3.20. The number of H-pyrrole nitrogens is 1. The molecule has 7 nitrogen and oxygen atoms in total. The Morgan fingerprint density at radius 1 is 1.43 bits per heavy atom. The van der Waals surface area contributed by atoms with Crippen LogP contribution in [0.2, 0.25) is 0 Å². The summed E-state index contributed by atoms with van der Waals surface area (Å²) in [6.07, 6.45) is 3.72. The number of nitrogens with two attached hydrogens (primary N) is 1. The van der Waals surface area contributed by atoms with E-state index in [9.17, 15) is 17.6 Å². The van der Waals surface area contributed by atoms with Crippen molar-refractivity contribution in [1.82, 2.24) is 15.5 Å². The molecular weight excluding hydrogens is 323 g/mol. The lowest BCUT2D eigenvalue weighted by Gasteiger charge is -2.23. The predicted molar refractivity (Wildman–Crippen MR) is 79.6 cm³/mol. The number of rotatable bonds is 3. The van der Waals surface area contributed by atoms with E-state index in [0.29, 0.717) is 12.8 Å². The molecule has 0 saturated carbocycles. The van der Waals surface area contributed by atoms with Crippen molar-refractivity contribution in [2.45, 2.75) is 30.2 Å². The average Bonchev–Trinajstić information content (AvgIpc) is 2.93. The zero-order chi connectivity index (χ0) is 16.6. The van der Waals surface area contributed by atoms with Gasteiger partial charge in [-0.1, -0.05) is 0 Å². The fraction of sp³-hybridized carbons (Fsp3) is 0.286. The first-order chi connectivity index (χ1) is 10.8. The quantitative estimate of drug-likeness (QED) is 0.754.